The van der Waals surface area contributed by atoms with E-state index in [0.29, 0.717) is 9.79 Å². The topological polar surface area (TPSA) is 38.9 Å². The first-order valence-corrected chi connectivity index (χ1v) is 3.38. The van der Waals surface area contributed by atoms with E-state index in [4.69, 9.17) is 4.42 Å². The third-order valence-corrected chi connectivity index (χ3v) is 1.18. The van der Waals surface area contributed by atoms with Crippen LogP contribution in [0.1, 0.15) is 12.8 Å². The van der Waals surface area contributed by atoms with E-state index in [9.17, 15) is 0 Å². The summed E-state index contributed by atoms with van der Waals surface area (Å²) in [6.45, 7) is 1.98. The van der Waals surface area contributed by atoms with Crippen molar-refractivity contribution < 1.29 is 4.42 Å². The highest BCUT2D eigenvalue weighted by Crippen LogP contribution is 2.01. The molecule has 0 spiro atoms. The lowest BCUT2D eigenvalue weighted by Crippen LogP contribution is -1.76. The van der Waals surface area contributed by atoms with Crippen LogP contribution in [0.2, 0.25) is 0 Å². The number of rotatable bonds is 1. The maximum Gasteiger partial charge on any atom is 0.278 e. The van der Waals surface area contributed by atoms with Crippen molar-refractivity contribution in [2.24, 2.45) is 0 Å². The Balaban J connectivity index is 2.84. The van der Waals surface area contributed by atoms with Crippen LogP contribution < -0.4 is 0 Å². The second-order valence-electron chi connectivity index (χ2n) is 1.30. The van der Waals surface area contributed by atoms with Gasteiger partial charge in [-0.05, 0) is 0 Å². The fourth-order valence-electron chi connectivity index (χ4n) is 0.376. The Kier molecular flexibility index (Phi) is 1.82. The fraction of sp³-hybridized carbons (Fsp3) is 0.500. The van der Waals surface area contributed by atoms with Gasteiger partial charge in [-0.2, -0.15) is 0 Å². The van der Waals surface area contributed by atoms with E-state index in [1.807, 2.05) is 29.5 Å². The normalized spacial score (nSPS) is 9.75. The third-order valence-electron chi connectivity index (χ3n) is 0.745. The Morgan fingerprint density at radius 3 is 2.62 bits per heavy atom. The van der Waals surface area contributed by atoms with Crippen molar-refractivity contribution in [3.8, 4) is 0 Å². The van der Waals surface area contributed by atoms with Crippen LogP contribution >= 0.6 is 22.6 Å². The fourth-order valence-corrected chi connectivity index (χ4v) is 0.738. The minimum atomic E-state index is 0.611. The summed E-state index contributed by atoms with van der Waals surface area (Å²) in [6.07, 6.45) is 0.815. The van der Waals surface area contributed by atoms with Crippen molar-refractivity contribution in [1.82, 2.24) is 10.2 Å². The zero-order valence-corrected chi connectivity index (χ0v) is 6.55. The van der Waals surface area contributed by atoms with E-state index in [0.717, 1.165) is 6.42 Å². The third kappa shape index (κ3) is 1.18. The lowest BCUT2D eigenvalue weighted by molar-refractivity contribution is 0.475. The highest BCUT2D eigenvalue weighted by atomic mass is 127. The van der Waals surface area contributed by atoms with E-state index in [1.165, 1.54) is 0 Å². The van der Waals surface area contributed by atoms with Crippen molar-refractivity contribution in [2.75, 3.05) is 0 Å². The molecule has 0 aromatic carbocycles. The predicted molar refractivity (Wildman–Crippen MR) is 36.4 cm³/mol. The van der Waals surface area contributed by atoms with E-state index in [2.05, 4.69) is 10.2 Å². The minimum Gasteiger partial charge on any atom is -0.416 e. The molecule has 1 heterocycles. The molecule has 4 heteroatoms. The van der Waals surface area contributed by atoms with Crippen LogP contribution in [-0.4, -0.2) is 10.2 Å². The van der Waals surface area contributed by atoms with Gasteiger partial charge in [-0.1, -0.05) is 6.92 Å². The summed E-state index contributed by atoms with van der Waals surface area (Å²) >= 11 is 1.98. The molecule has 8 heavy (non-hydrogen) atoms. The summed E-state index contributed by atoms with van der Waals surface area (Å²) in [6, 6.07) is 0. The van der Waals surface area contributed by atoms with E-state index >= 15 is 0 Å². The number of nitrogens with zero attached hydrogens (tertiary/aromatic N) is 2. The molecule has 0 fully saturated rings. The lowest BCUT2D eigenvalue weighted by atomic mass is 10.5. The van der Waals surface area contributed by atoms with Gasteiger partial charge in [0.2, 0.25) is 5.89 Å². The van der Waals surface area contributed by atoms with Gasteiger partial charge in [0.25, 0.3) is 3.90 Å². The molecule has 1 aromatic rings. The number of hydrogen-bond acceptors (Lipinski definition) is 3. The molecule has 1 rings (SSSR count). The Hall–Kier alpha value is -0.130. The Labute approximate surface area is 60.6 Å². The molecule has 0 amide bonds. The van der Waals surface area contributed by atoms with Crippen molar-refractivity contribution in [1.29, 1.82) is 0 Å². The number of aromatic nitrogens is 2. The predicted octanol–water partition coefficient (Wildman–Crippen LogP) is 1.24. The van der Waals surface area contributed by atoms with Crippen molar-refractivity contribution in [2.45, 2.75) is 13.3 Å². The van der Waals surface area contributed by atoms with Gasteiger partial charge in [0, 0.05) is 29.0 Å². The number of aryl methyl sites for hydroxylation is 1. The van der Waals surface area contributed by atoms with Crippen LogP contribution in [0.15, 0.2) is 4.42 Å². The van der Waals surface area contributed by atoms with Crippen molar-refractivity contribution >= 4 is 22.6 Å². The second kappa shape index (κ2) is 2.43. The maximum atomic E-state index is 5.00. The SMILES string of the molecule is CCc1nnc(I)o1. The van der Waals surface area contributed by atoms with Crippen LogP contribution in [0.4, 0.5) is 0 Å². The van der Waals surface area contributed by atoms with Crippen LogP contribution in [0.25, 0.3) is 0 Å². The van der Waals surface area contributed by atoms with Gasteiger partial charge in [-0.15, -0.1) is 10.2 Å². The smallest absolute Gasteiger partial charge is 0.278 e. The standard InChI is InChI=1S/C4H5IN2O/c1-2-3-6-7-4(5)8-3/h2H2,1H3. The van der Waals surface area contributed by atoms with E-state index < -0.39 is 0 Å². The molecule has 0 aliphatic carbocycles. The average Bonchev–Trinajstić information content (AvgIpc) is 2.14. The van der Waals surface area contributed by atoms with E-state index in [-0.39, 0.29) is 0 Å². The van der Waals surface area contributed by atoms with Gasteiger partial charge in [-0.25, -0.2) is 0 Å². The highest BCUT2D eigenvalue weighted by molar-refractivity contribution is 14.1. The molecular weight excluding hydrogens is 219 g/mol. The van der Waals surface area contributed by atoms with Gasteiger partial charge in [-0.3, -0.25) is 0 Å². The summed E-state index contributed by atoms with van der Waals surface area (Å²) in [4.78, 5) is 0. The van der Waals surface area contributed by atoms with Gasteiger partial charge < -0.3 is 4.42 Å². The number of halogens is 1. The molecule has 0 bridgehead atoms. The first kappa shape index (κ1) is 6.00. The van der Waals surface area contributed by atoms with E-state index in [1.54, 1.807) is 0 Å². The molecule has 0 atom stereocenters. The molecule has 1 aromatic heterocycles. The van der Waals surface area contributed by atoms with Crippen LogP contribution in [0, 0.1) is 3.90 Å². The highest BCUT2D eigenvalue weighted by Gasteiger charge is 1.96. The number of hydrogen-bond donors (Lipinski definition) is 0. The molecule has 3 nitrogen and oxygen atoms in total. The Morgan fingerprint density at radius 2 is 2.38 bits per heavy atom. The first-order valence-electron chi connectivity index (χ1n) is 2.31. The van der Waals surface area contributed by atoms with Crippen molar-refractivity contribution in [3.05, 3.63) is 9.79 Å². The van der Waals surface area contributed by atoms with Gasteiger partial charge in [0.1, 0.15) is 0 Å². The molecular formula is C4H5IN2O. The van der Waals surface area contributed by atoms with Gasteiger partial charge in [0.15, 0.2) is 0 Å². The Morgan fingerprint density at radius 1 is 1.62 bits per heavy atom. The molecule has 0 aliphatic rings. The second-order valence-corrected chi connectivity index (χ2v) is 2.23. The molecule has 0 saturated heterocycles. The monoisotopic (exact) mass is 224 g/mol. The molecule has 0 unspecified atom stereocenters. The summed E-state index contributed by atoms with van der Waals surface area (Å²) in [5, 5.41) is 7.37. The molecule has 0 aliphatic heterocycles. The van der Waals surface area contributed by atoms with Gasteiger partial charge >= 0.3 is 0 Å². The quantitative estimate of drug-likeness (QED) is 0.673. The summed E-state index contributed by atoms with van der Waals surface area (Å²) in [7, 11) is 0. The largest absolute Gasteiger partial charge is 0.416 e. The van der Waals surface area contributed by atoms with Gasteiger partial charge in [0.05, 0.1) is 0 Å². The van der Waals surface area contributed by atoms with Crippen LogP contribution in [-0.2, 0) is 6.42 Å². The van der Waals surface area contributed by atoms with Crippen LogP contribution in [0.3, 0.4) is 0 Å². The van der Waals surface area contributed by atoms with Crippen LogP contribution in [0.5, 0.6) is 0 Å². The minimum absolute atomic E-state index is 0.611. The maximum absolute atomic E-state index is 5.00. The summed E-state index contributed by atoms with van der Waals surface area (Å²) in [5.41, 5.74) is 0. The lowest BCUT2D eigenvalue weighted by Gasteiger charge is -1.76. The molecule has 0 radical (unpaired) electrons. The summed E-state index contributed by atoms with van der Waals surface area (Å²) < 4.78 is 5.61. The average molecular weight is 224 g/mol. The molecule has 44 valence electrons. The Bertz CT molecular complexity index is 174. The molecule has 0 saturated carbocycles. The first-order chi connectivity index (χ1) is 3.83. The zero-order valence-electron chi connectivity index (χ0n) is 4.39. The summed E-state index contributed by atoms with van der Waals surface area (Å²) in [5.74, 6) is 0.703. The molecule has 0 N–H and O–H groups in total. The zero-order chi connectivity index (χ0) is 5.98. The van der Waals surface area contributed by atoms with Crippen molar-refractivity contribution in [3.63, 3.8) is 0 Å².